The van der Waals surface area contributed by atoms with Crippen molar-refractivity contribution in [3.63, 3.8) is 0 Å². The molecule has 1 aliphatic rings. The zero-order valence-corrected chi connectivity index (χ0v) is 24.5. The Hall–Kier alpha value is -2.97. The second-order valence-electron chi connectivity index (χ2n) is 10.4. The number of anilines is 1. The number of rotatable bonds is 12. The van der Waals surface area contributed by atoms with E-state index in [-0.39, 0.29) is 23.4 Å². The maximum absolute atomic E-state index is 15.0. The normalized spacial score (nSPS) is 19.4. The number of carbonyl (C=O) groups excluding carboxylic acids is 1. The van der Waals surface area contributed by atoms with E-state index in [0.717, 1.165) is 43.0 Å². The first kappa shape index (κ1) is 30.0. The molecule has 214 valence electrons. The predicted octanol–water partition coefficient (Wildman–Crippen LogP) is 5.33. The molecule has 0 spiro atoms. The molecule has 4 rings (SSSR count). The SMILES string of the molecule is CNCCNc1cccc([C@H]2CN(CCNC)C[C@H](C(=O)c3cccc(OC)c3)[C@@H]2c2cccc(F)c2C)c1Cl. The second-order valence-corrected chi connectivity index (χ2v) is 10.8. The second kappa shape index (κ2) is 14.1. The third-order valence-electron chi connectivity index (χ3n) is 7.93. The van der Waals surface area contributed by atoms with E-state index < -0.39 is 5.92 Å². The van der Waals surface area contributed by atoms with Crippen molar-refractivity contribution in [3.05, 3.63) is 93.8 Å². The van der Waals surface area contributed by atoms with Crippen LogP contribution in [-0.2, 0) is 0 Å². The third kappa shape index (κ3) is 6.66. The fourth-order valence-corrected chi connectivity index (χ4v) is 6.17. The monoisotopic (exact) mass is 566 g/mol. The summed E-state index contributed by atoms with van der Waals surface area (Å²) in [6.45, 7) is 6.15. The predicted molar refractivity (Wildman–Crippen MR) is 162 cm³/mol. The van der Waals surface area contributed by atoms with Gasteiger partial charge in [0.15, 0.2) is 5.78 Å². The summed E-state index contributed by atoms with van der Waals surface area (Å²) in [4.78, 5) is 16.7. The van der Waals surface area contributed by atoms with Gasteiger partial charge in [0.25, 0.3) is 0 Å². The van der Waals surface area contributed by atoms with Crippen LogP contribution in [0.4, 0.5) is 10.1 Å². The molecule has 0 aromatic heterocycles. The van der Waals surface area contributed by atoms with Gasteiger partial charge in [0.2, 0.25) is 0 Å². The number of nitrogens with one attached hydrogen (secondary N) is 3. The molecule has 0 aliphatic carbocycles. The number of nitrogens with zero attached hydrogens (tertiary/aromatic N) is 1. The van der Waals surface area contributed by atoms with Crippen LogP contribution >= 0.6 is 11.6 Å². The van der Waals surface area contributed by atoms with Crippen molar-refractivity contribution in [2.24, 2.45) is 5.92 Å². The molecule has 3 aromatic rings. The number of Topliss-reactive ketones (excluding diaryl/α,β-unsaturated/α-hetero) is 1. The van der Waals surface area contributed by atoms with E-state index in [9.17, 15) is 4.79 Å². The van der Waals surface area contributed by atoms with Crippen LogP contribution in [0.3, 0.4) is 0 Å². The Kier molecular flexibility index (Phi) is 10.6. The molecule has 6 nitrogen and oxygen atoms in total. The fraction of sp³-hybridized carbons (Fsp3) is 0.406. The molecular weight excluding hydrogens is 527 g/mol. The van der Waals surface area contributed by atoms with Crippen molar-refractivity contribution in [1.82, 2.24) is 15.5 Å². The lowest BCUT2D eigenvalue weighted by Crippen LogP contribution is -2.48. The number of hydrogen-bond acceptors (Lipinski definition) is 6. The topological polar surface area (TPSA) is 65.6 Å². The molecule has 1 fully saturated rings. The largest absolute Gasteiger partial charge is 0.497 e. The molecule has 8 heteroatoms. The van der Waals surface area contributed by atoms with Gasteiger partial charge >= 0.3 is 0 Å². The van der Waals surface area contributed by atoms with E-state index >= 15 is 4.39 Å². The quantitative estimate of drug-likeness (QED) is 0.203. The number of methoxy groups -OCH3 is 1. The summed E-state index contributed by atoms with van der Waals surface area (Å²) < 4.78 is 20.4. The molecule has 0 unspecified atom stereocenters. The number of benzene rings is 3. The molecule has 0 amide bonds. The van der Waals surface area contributed by atoms with E-state index in [1.165, 1.54) is 6.07 Å². The molecule has 0 bridgehead atoms. The van der Waals surface area contributed by atoms with Gasteiger partial charge in [0.05, 0.1) is 17.8 Å². The summed E-state index contributed by atoms with van der Waals surface area (Å²) >= 11 is 7.09. The highest BCUT2D eigenvalue weighted by Crippen LogP contribution is 2.48. The van der Waals surface area contributed by atoms with Crippen LogP contribution in [0.5, 0.6) is 5.75 Å². The summed E-state index contributed by atoms with van der Waals surface area (Å²) in [6.07, 6.45) is 0. The van der Waals surface area contributed by atoms with Crippen LogP contribution in [0.1, 0.15) is 38.9 Å². The zero-order chi connectivity index (χ0) is 28.6. The first-order valence-electron chi connectivity index (χ1n) is 13.9. The summed E-state index contributed by atoms with van der Waals surface area (Å²) in [7, 11) is 5.43. The number of likely N-dealkylation sites (tertiary alicyclic amines) is 1. The van der Waals surface area contributed by atoms with Gasteiger partial charge in [-0.3, -0.25) is 4.79 Å². The Morgan fingerprint density at radius 2 is 1.73 bits per heavy atom. The maximum atomic E-state index is 15.0. The van der Waals surface area contributed by atoms with Gasteiger partial charge in [-0.1, -0.05) is 48.0 Å². The minimum absolute atomic E-state index is 0.0196. The van der Waals surface area contributed by atoms with Gasteiger partial charge in [0.1, 0.15) is 11.6 Å². The molecule has 3 aromatic carbocycles. The van der Waals surface area contributed by atoms with Gasteiger partial charge in [-0.25, -0.2) is 4.39 Å². The summed E-state index contributed by atoms with van der Waals surface area (Å²) in [5, 5.41) is 10.4. The van der Waals surface area contributed by atoms with Gasteiger partial charge in [0, 0.05) is 62.6 Å². The van der Waals surface area contributed by atoms with Crippen molar-refractivity contribution >= 4 is 23.1 Å². The van der Waals surface area contributed by atoms with Crippen molar-refractivity contribution < 1.29 is 13.9 Å². The molecule has 3 atom stereocenters. The zero-order valence-electron chi connectivity index (χ0n) is 23.8. The molecule has 3 N–H and O–H groups in total. The highest BCUT2D eigenvalue weighted by Gasteiger charge is 2.43. The van der Waals surface area contributed by atoms with Gasteiger partial charge in [-0.2, -0.15) is 0 Å². The van der Waals surface area contributed by atoms with Crippen molar-refractivity contribution in [1.29, 1.82) is 0 Å². The number of piperidine rings is 1. The van der Waals surface area contributed by atoms with Crippen LogP contribution in [0.2, 0.25) is 5.02 Å². The standard InChI is InChI=1S/C32H40ClFN4O2/c1-21-24(10-6-12-28(21)34)30-26(25-11-7-13-29(31(25)33)37-15-14-35-2)19-38(17-16-36-3)20-27(30)32(39)22-8-5-9-23(18-22)40-4/h5-13,18,26-27,30,35-37H,14-17,19-20H2,1-4H3/t26-,27+,30-/m1/s1. The summed E-state index contributed by atoms with van der Waals surface area (Å²) in [5.41, 5.74) is 3.83. The van der Waals surface area contributed by atoms with Gasteiger partial charge in [-0.05, 0) is 62.0 Å². The van der Waals surface area contributed by atoms with E-state index in [1.807, 2.05) is 56.6 Å². The summed E-state index contributed by atoms with van der Waals surface area (Å²) in [5.74, 6) is -0.442. The van der Waals surface area contributed by atoms with Crippen LogP contribution in [0, 0.1) is 18.7 Å². The number of likely N-dealkylation sites (N-methyl/N-ethyl adjacent to an activating group) is 2. The average Bonchev–Trinajstić information content (AvgIpc) is 2.98. The lowest BCUT2D eigenvalue weighted by atomic mass is 9.67. The number of carbonyl (C=O) groups is 1. The molecule has 1 heterocycles. The van der Waals surface area contributed by atoms with E-state index in [0.29, 0.717) is 35.0 Å². The van der Waals surface area contributed by atoms with Crippen molar-refractivity contribution in [2.75, 3.05) is 65.8 Å². The Bertz CT molecular complexity index is 1300. The van der Waals surface area contributed by atoms with Gasteiger partial charge in [-0.15, -0.1) is 0 Å². The van der Waals surface area contributed by atoms with Crippen LogP contribution in [-0.4, -0.2) is 71.2 Å². The lowest BCUT2D eigenvalue weighted by molar-refractivity contribution is 0.0742. The first-order chi connectivity index (χ1) is 19.4. The van der Waals surface area contributed by atoms with E-state index in [2.05, 4.69) is 20.9 Å². The molecular formula is C32H40ClFN4O2. The summed E-state index contributed by atoms with van der Waals surface area (Å²) in [6, 6.07) is 18.5. The Morgan fingerprint density at radius 3 is 2.48 bits per heavy atom. The Labute approximate surface area is 242 Å². The van der Waals surface area contributed by atoms with E-state index in [4.69, 9.17) is 16.3 Å². The minimum atomic E-state index is -0.416. The fourth-order valence-electron chi connectivity index (χ4n) is 5.83. The smallest absolute Gasteiger partial charge is 0.167 e. The number of hydrogen-bond donors (Lipinski definition) is 3. The highest BCUT2D eigenvalue weighted by molar-refractivity contribution is 6.34. The average molecular weight is 567 g/mol. The highest BCUT2D eigenvalue weighted by atomic mass is 35.5. The Morgan fingerprint density at radius 1 is 1.00 bits per heavy atom. The molecule has 0 saturated carbocycles. The lowest BCUT2D eigenvalue weighted by Gasteiger charge is -2.45. The van der Waals surface area contributed by atoms with Crippen LogP contribution in [0.15, 0.2) is 60.7 Å². The third-order valence-corrected chi connectivity index (χ3v) is 8.35. The molecule has 1 aliphatic heterocycles. The van der Waals surface area contributed by atoms with Crippen molar-refractivity contribution in [3.8, 4) is 5.75 Å². The van der Waals surface area contributed by atoms with E-state index in [1.54, 1.807) is 26.2 Å². The molecule has 40 heavy (non-hydrogen) atoms. The van der Waals surface area contributed by atoms with Crippen molar-refractivity contribution in [2.45, 2.75) is 18.8 Å². The molecule has 0 radical (unpaired) electrons. The van der Waals surface area contributed by atoms with Crippen LogP contribution in [0.25, 0.3) is 0 Å². The number of halogens is 2. The number of ether oxygens (including phenoxy) is 1. The first-order valence-corrected chi connectivity index (χ1v) is 14.2. The number of ketones is 1. The maximum Gasteiger partial charge on any atom is 0.167 e. The van der Waals surface area contributed by atoms with Gasteiger partial charge < -0.3 is 25.6 Å². The Balaban J connectivity index is 1.86. The minimum Gasteiger partial charge on any atom is -0.497 e. The van der Waals surface area contributed by atoms with Crippen LogP contribution < -0.4 is 20.7 Å². The molecule has 1 saturated heterocycles.